The maximum absolute atomic E-state index is 12.9. The Morgan fingerprint density at radius 2 is 1.33 bits per heavy atom. The van der Waals surface area contributed by atoms with E-state index >= 15 is 0 Å². The number of hydrogen-bond acceptors (Lipinski definition) is 3. The Hall–Kier alpha value is -0.810. The molecule has 0 aromatic carbocycles. The van der Waals surface area contributed by atoms with E-state index in [1.165, 1.54) is 58.3 Å². The number of hydrogen-bond donors (Lipinski definition) is 0. The standard InChI is InChI=1S/C22H42N4O/c1-4-23-9-5-21(6-10-23)18-24-13-15-26(16-14-24)22(27)25-11-7-20(8-12-25)17-19(2)3/h19-21H,4-18H2,1-3H3. The van der Waals surface area contributed by atoms with Crippen molar-refractivity contribution in [3.8, 4) is 0 Å². The minimum Gasteiger partial charge on any atom is -0.325 e. The van der Waals surface area contributed by atoms with Gasteiger partial charge in [-0.15, -0.1) is 0 Å². The molecular weight excluding hydrogens is 336 g/mol. The molecule has 3 aliphatic heterocycles. The minimum absolute atomic E-state index is 0.300. The van der Waals surface area contributed by atoms with Gasteiger partial charge in [-0.1, -0.05) is 20.8 Å². The van der Waals surface area contributed by atoms with Crippen LogP contribution in [0.2, 0.25) is 0 Å². The van der Waals surface area contributed by atoms with E-state index in [1.54, 1.807) is 0 Å². The van der Waals surface area contributed by atoms with E-state index < -0.39 is 0 Å². The molecule has 0 aliphatic carbocycles. The minimum atomic E-state index is 0.300. The van der Waals surface area contributed by atoms with Crippen LogP contribution < -0.4 is 0 Å². The summed E-state index contributed by atoms with van der Waals surface area (Å²) in [6, 6.07) is 0.300. The van der Waals surface area contributed by atoms with Gasteiger partial charge < -0.3 is 14.7 Å². The molecule has 0 aromatic heterocycles. The van der Waals surface area contributed by atoms with Crippen molar-refractivity contribution >= 4 is 6.03 Å². The molecule has 3 fully saturated rings. The average Bonchev–Trinajstić information content (AvgIpc) is 2.69. The highest BCUT2D eigenvalue weighted by atomic mass is 16.2. The van der Waals surface area contributed by atoms with Crippen molar-refractivity contribution < 1.29 is 4.79 Å². The zero-order valence-corrected chi connectivity index (χ0v) is 18.0. The van der Waals surface area contributed by atoms with Crippen molar-refractivity contribution in [3.05, 3.63) is 0 Å². The lowest BCUT2D eigenvalue weighted by Crippen LogP contribution is -2.54. The summed E-state index contributed by atoms with van der Waals surface area (Å²) < 4.78 is 0. The Bertz CT molecular complexity index is 445. The zero-order valence-electron chi connectivity index (χ0n) is 18.0. The molecule has 0 bridgehead atoms. The Morgan fingerprint density at radius 1 is 0.778 bits per heavy atom. The molecule has 0 N–H and O–H groups in total. The average molecular weight is 379 g/mol. The number of carbonyl (C=O) groups excluding carboxylic acids is 1. The van der Waals surface area contributed by atoms with Crippen LogP contribution in [0.3, 0.4) is 0 Å². The lowest BCUT2D eigenvalue weighted by Gasteiger charge is -2.41. The van der Waals surface area contributed by atoms with Crippen molar-refractivity contribution in [1.29, 1.82) is 0 Å². The third-order valence-electron chi connectivity index (χ3n) is 7.00. The number of carbonyl (C=O) groups is 1. The fourth-order valence-electron chi connectivity index (χ4n) is 5.20. The maximum atomic E-state index is 12.9. The fraction of sp³-hybridized carbons (Fsp3) is 0.955. The molecule has 3 saturated heterocycles. The predicted octanol–water partition coefficient (Wildman–Crippen LogP) is 3.21. The Kier molecular flexibility index (Phi) is 7.83. The number of nitrogens with zero attached hydrogens (tertiary/aromatic N) is 4. The third kappa shape index (κ3) is 6.08. The van der Waals surface area contributed by atoms with Gasteiger partial charge in [0.15, 0.2) is 0 Å². The van der Waals surface area contributed by atoms with Crippen LogP contribution in [0.1, 0.15) is 52.9 Å². The number of amides is 2. The highest BCUT2D eigenvalue weighted by Gasteiger charge is 2.29. The lowest BCUT2D eigenvalue weighted by atomic mass is 9.89. The van der Waals surface area contributed by atoms with E-state index in [2.05, 4.69) is 40.4 Å². The van der Waals surface area contributed by atoms with Gasteiger partial charge in [-0.3, -0.25) is 4.90 Å². The second-order valence-corrected chi connectivity index (χ2v) is 9.51. The van der Waals surface area contributed by atoms with Crippen LogP contribution in [-0.4, -0.2) is 91.1 Å². The molecule has 0 spiro atoms. The summed E-state index contributed by atoms with van der Waals surface area (Å²) in [6.07, 6.45) is 6.40. The van der Waals surface area contributed by atoms with Gasteiger partial charge in [0.25, 0.3) is 0 Å². The predicted molar refractivity (Wildman–Crippen MR) is 112 cm³/mol. The van der Waals surface area contributed by atoms with Crippen LogP contribution in [0.15, 0.2) is 0 Å². The van der Waals surface area contributed by atoms with Crippen molar-refractivity contribution in [2.75, 3.05) is 65.4 Å². The number of piperazine rings is 1. The normalized spacial score (nSPS) is 24.7. The van der Waals surface area contributed by atoms with E-state index in [9.17, 15) is 4.79 Å². The van der Waals surface area contributed by atoms with Gasteiger partial charge in [0.2, 0.25) is 0 Å². The van der Waals surface area contributed by atoms with Crippen LogP contribution in [0, 0.1) is 17.8 Å². The number of urea groups is 1. The topological polar surface area (TPSA) is 30.0 Å². The van der Waals surface area contributed by atoms with Crippen LogP contribution in [-0.2, 0) is 0 Å². The second-order valence-electron chi connectivity index (χ2n) is 9.51. The fourth-order valence-corrected chi connectivity index (χ4v) is 5.20. The molecule has 0 unspecified atom stereocenters. The summed E-state index contributed by atoms with van der Waals surface area (Å²) in [5.41, 5.74) is 0. The van der Waals surface area contributed by atoms with Gasteiger partial charge in [-0.25, -0.2) is 4.79 Å². The third-order valence-corrected chi connectivity index (χ3v) is 7.00. The molecule has 0 radical (unpaired) electrons. The molecule has 0 aromatic rings. The van der Waals surface area contributed by atoms with Crippen LogP contribution >= 0.6 is 0 Å². The molecule has 156 valence electrons. The summed E-state index contributed by atoms with van der Waals surface area (Å²) >= 11 is 0. The van der Waals surface area contributed by atoms with Gasteiger partial charge >= 0.3 is 6.03 Å². The molecule has 27 heavy (non-hydrogen) atoms. The first kappa shape index (κ1) is 20.9. The molecule has 5 nitrogen and oxygen atoms in total. The van der Waals surface area contributed by atoms with Gasteiger partial charge in [0, 0.05) is 45.8 Å². The molecule has 3 rings (SSSR count). The maximum Gasteiger partial charge on any atom is 0.320 e. The first-order chi connectivity index (χ1) is 13.0. The molecule has 3 heterocycles. The Morgan fingerprint density at radius 3 is 1.89 bits per heavy atom. The van der Waals surface area contributed by atoms with Crippen molar-refractivity contribution in [3.63, 3.8) is 0 Å². The number of likely N-dealkylation sites (tertiary alicyclic amines) is 2. The summed E-state index contributed by atoms with van der Waals surface area (Å²) in [5.74, 6) is 2.46. The summed E-state index contributed by atoms with van der Waals surface area (Å²) in [4.78, 5) is 22.3. The molecular formula is C22H42N4O. The van der Waals surface area contributed by atoms with Gasteiger partial charge in [-0.2, -0.15) is 0 Å². The SMILES string of the molecule is CCN1CCC(CN2CCN(C(=O)N3CCC(CC(C)C)CC3)CC2)CC1. The molecule has 2 amide bonds. The van der Waals surface area contributed by atoms with E-state index in [-0.39, 0.29) is 0 Å². The Balaban J connectivity index is 1.35. The van der Waals surface area contributed by atoms with Gasteiger partial charge in [0.1, 0.15) is 0 Å². The van der Waals surface area contributed by atoms with Crippen LogP contribution in [0.25, 0.3) is 0 Å². The monoisotopic (exact) mass is 378 g/mol. The number of rotatable bonds is 5. The number of piperidine rings is 2. The van der Waals surface area contributed by atoms with Gasteiger partial charge in [0.05, 0.1) is 0 Å². The molecule has 5 heteroatoms. The second kappa shape index (κ2) is 10.1. The molecule has 3 aliphatic rings. The first-order valence-electron chi connectivity index (χ1n) is 11.5. The molecule has 0 atom stereocenters. The molecule has 0 saturated carbocycles. The van der Waals surface area contributed by atoms with E-state index in [0.717, 1.165) is 57.0 Å². The van der Waals surface area contributed by atoms with Crippen molar-refractivity contribution in [1.82, 2.24) is 19.6 Å². The highest BCUT2D eigenvalue weighted by molar-refractivity contribution is 5.74. The van der Waals surface area contributed by atoms with Crippen molar-refractivity contribution in [2.45, 2.75) is 52.9 Å². The smallest absolute Gasteiger partial charge is 0.320 e. The van der Waals surface area contributed by atoms with Gasteiger partial charge in [-0.05, 0) is 69.5 Å². The van der Waals surface area contributed by atoms with E-state index in [1.807, 2.05) is 0 Å². The lowest BCUT2D eigenvalue weighted by molar-refractivity contribution is 0.0843. The first-order valence-corrected chi connectivity index (χ1v) is 11.5. The quantitative estimate of drug-likeness (QED) is 0.736. The largest absolute Gasteiger partial charge is 0.325 e. The zero-order chi connectivity index (χ0) is 19.2. The van der Waals surface area contributed by atoms with Crippen LogP contribution in [0.5, 0.6) is 0 Å². The van der Waals surface area contributed by atoms with Crippen molar-refractivity contribution in [2.24, 2.45) is 17.8 Å². The Labute approximate surface area is 167 Å². The summed E-state index contributed by atoms with van der Waals surface area (Å²) in [5, 5.41) is 0. The van der Waals surface area contributed by atoms with Crippen LogP contribution in [0.4, 0.5) is 4.79 Å². The van der Waals surface area contributed by atoms with E-state index in [0.29, 0.717) is 6.03 Å². The van der Waals surface area contributed by atoms with E-state index in [4.69, 9.17) is 0 Å². The highest BCUT2D eigenvalue weighted by Crippen LogP contribution is 2.25. The summed E-state index contributed by atoms with van der Waals surface area (Å²) in [7, 11) is 0. The summed E-state index contributed by atoms with van der Waals surface area (Å²) in [6.45, 7) is 17.7.